The Kier molecular flexibility index (Phi) is 10.3. The van der Waals surface area contributed by atoms with Gasteiger partial charge in [-0.05, 0) is 49.7 Å². The van der Waals surface area contributed by atoms with Gasteiger partial charge in [-0.2, -0.15) is 0 Å². The molecular weight excluding hydrogens is 477 g/mol. The van der Waals surface area contributed by atoms with Gasteiger partial charge >= 0.3 is 0 Å². The van der Waals surface area contributed by atoms with Gasteiger partial charge in [0.1, 0.15) is 24.2 Å². The van der Waals surface area contributed by atoms with Gasteiger partial charge in [-0.1, -0.05) is 42.3 Å². The van der Waals surface area contributed by atoms with Gasteiger partial charge in [0.2, 0.25) is 5.91 Å². The average molecular weight is 510 g/mol. The van der Waals surface area contributed by atoms with Gasteiger partial charge < -0.3 is 25.2 Å². The first-order chi connectivity index (χ1) is 16.4. The van der Waals surface area contributed by atoms with Gasteiger partial charge in [0.25, 0.3) is 0 Å². The first-order valence-corrected chi connectivity index (χ1v) is 12.3. The van der Waals surface area contributed by atoms with E-state index in [0.717, 1.165) is 37.5 Å². The Morgan fingerprint density at radius 3 is 2.53 bits per heavy atom. The number of piperidine rings is 1. The molecule has 0 radical (unpaired) electrons. The number of nitrogens with zero attached hydrogens (tertiary/aromatic N) is 1. The number of halogens is 2. The van der Waals surface area contributed by atoms with Crippen molar-refractivity contribution in [1.29, 1.82) is 0 Å². The normalized spacial score (nSPS) is 15.7. The van der Waals surface area contributed by atoms with E-state index in [4.69, 9.17) is 32.7 Å². The third-order valence-electron chi connectivity index (χ3n) is 5.83. The zero-order chi connectivity index (χ0) is 24.5. The molecule has 1 atom stereocenters. The van der Waals surface area contributed by atoms with Crippen LogP contribution in [-0.2, 0) is 11.3 Å². The van der Waals surface area contributed by atoms with Gasteiger partial charge in [0.05, 0.1) is 17.8 Å². The highest BCUT2D eigenvalue weighted by Gasteiger charge is 2.20. The number of methoxy groups -OCH3 is 1. The van der Waals surface area contributed by atoms with Crippen molar-refractivity contribution in [3.05, 3.63) is 52.0 Å². The molecule has 9 heteroatoms. The number of nitrogens with one attached hydrogen (secondary N) is 2. The van der Waals surface area contributed by atoms with Crippen molar-refractivity contribution >= 4 is 34.8 Å². The van der Waals surface area contributed by atoms with Crippen molar-refractivity contribution in [2.24, 2.45) is 0 Å². The summed E-state index contributed by atoms with van der Waals surface area (Å²) in [5, 5.41) is 17.8. The summed E-state index contributed by atoms with van der Waals surface area (Å²) in [5.74, 6) is 0.678. The van der Waals surface area contributed by atoms with Crippen molar-refractivity contribution in [3.8, 4) is 11.5 Å². The summed E-state index contributed by atoms with van der Waals surface area (Å²) in [5.41, 5.74) is 1.71. The minimum Gasteiger partial charge on any atom is -0.495 e. The van der Waals surface area contributed by atoms with E-state index in [0.29, 0.717) is 41.2 Å². The van der Waals surface area contributed by atoms with Gasteiger partial charge in [0, 0.05) is 36.6 Å². The molecule has 3 N–H and O–H groups in total. The van der Waals surface area contributed by atoms with E-state index in [1.165, 1.54) is 12.7 Å². The summed E-state index contributed by atoms with van der Waals surface area (Å²) in [6, 6.07) is 11.5. The molecule has 2 aromatic carbocycles. The summed E-state index contributed by atoms with van der Waals surface area (Å²) >= 11 is 12.2. The van der Waals surface area contributed by atoms with E-state index < -0.39 is 6.10 Å². The second-order valence-corrected chi connectivity index (χ2v) is 9.28. The highest BCUT2D eigenvalue weighted by atomic mass is 35.5. The number of aliphatic hydroxyl groups excluding tert-OH is 1. The number of anilines is 1. The molecule has 1 aliphatic rings. The summed E-state index contributed by atoms with van der Waals surface area (Å²) in [6.07, 6.45) is 1.66. The molecule has 0 bridgehead atoms. The number of rotatable bonds is 11. The van der Waals surface area contributed by atoms with E-state index in [9.17, 15) is 9.90 Å². The van der Waals surface area contributed by atoms with Gasteiger partial charge in [-0.25, -0.2) is 0 Å². The maximum absolute atomic E-state index is 11.8. The van der Waals surface area contributed by atoms with Gasteiger partial charge in [0.15, 0.2) is 0 Å². The van der Waals surface area contributed by atoms with Crippen molar-refractivity contribution in [1.82, 2.24) is 10.2 Å². The summed E-state index contributed by atoms with van der Waals surface area (Å²) in [6.45, 7) is 5.17. The van der Waals surface area contributed by atoms with Crippen molar-refractivity contribution in [2.45, 2.75) is 44.9 Å². The molecule has 34 heavy (non-hydrogen) atoms. The first-order valence-electron chi connectivity index (χ1n) is 11.6. The van der Waals surface area contributed by atoms with Crippen LogP contribution in [0.25, 0.3) is 0 Å². The Labute approximate surface area is 211 Å². The predicted octanol–water partition coefficient (Wildman–Crippen LogP) is 4.34. The fourth-order valence-electron chi connectivity index (χ4n) is 3.84. The number of ether oxygens (including phenoxy) is 2. The monoisotopic (exact) mass is 509 g/mol. The molecule has 0 unspecified atom stereocenters. The highest BCUT2D eigenvalue weighted by Crippen LogP contribution is 2.36. The van der Waals surface area contributed by atoms with Crippen LogP contribution in [0.15, 0.2) is 36.4 Å². The molecule has 186 valence electrons. The van der Waals surface area contributed by atoms with Crippen LogP contribution in [0.3, 0.4) is 0 Å². The zero-order valence-electron chi connectivity index (χ0n) is 19.7. The number of hydrogen-bond acceptors (Lipinski definition) is 6. The van der Waals surface area contributed by atoms with Crippen molar-refractivity contribution in [3.63, 3.8) is 0 Å². The van der Waals surface area contributed by atoms with Gasteiger partial charge in [-0.15, -0.1) is 0 Å². The first kappa shape index (κ1) is 26.6. The fraction of sp³-hybridized carbons (Fsp3) is 0.480. The van der Waals surface area contributed by atoms with E-state index in [-0.39, 0.29) is 12.5 Å². The molecular formula is C25H33Cl2N3O4. The second-order valence-electron chi connectivity index (χ2n) is 8.43. The fourth-order valence-corrected chi connectivity index (χ4v) is 4.20. The number of amides is 1. The van der Waals surface area contributed by atoms with Crippen LogP contribution in [0, 0.1) is 0 Å². The Morgan fingerprint density at radius 2 is 1.88 bits per heavy atom. The van der Waals surface area contributed by atoms with Crippen molar-refractivity contribution in [2.75, 3.05) is 38.7 Å². The largest absolute Gasteiger partial charge is 0.495 e. The molecule has 7 nitrogen and oxygen atoms in total. The van der Waals surface area contributed by atoms with E-state index in [2.05, 4.69) is 27.7 Å². The number of carbonyl (C=O) groups excluding carboxylic acids is 1. The third kappa shape index (κ3) is 8.03. The minimum atomic E-state index is -0.705. The Balaban J connectivity index is 1.43. The number of likely N-dealkylation sites (tertiary alicyclic amines) is 1. The molecule has 1 fully saturated rings. The number of aliphatic hydroxyl groups is 1. The van der Waals surface area contributed by atoms with Crippen LogP contribution < -0.4 is 20.1 Å². The number of benzene rings is 2. The lowest BCUT2D eigenvalue weighted by Crippen LogP contribution is -2.45. The quantitative estimate of drug-likeness (QED) is 0.417. The van der Waals surface area contributed by atoms with E-state index in [1.54, 1.807) is 19.1 Å². The van der Waals surface area contributed by atoms with Crippen LogP contribution >= 0.6 is 23.2 Å². The summed E-state index contributed by atoms with van der Waals surface area (Å²) in [7, 11) is 1.51. The second kappa shape index (κ2) is 13.2. The maximum Gasteiger partial charge on any atom is 0.224 e. The molecule has 3 rings (SSSR count). The predicted molar refractivity (Wildman–Crippen MR) is 136 cm³/mol. The SMILES string of the molecule is CCC(=O)Nc1cc(Cl)c(OC)cc1OC[C@H](O)CNC1CCN(Cc2ccc(Cl)cc2)CC1. The molecule has 1 amide bonds. The Hall–Kier alpha value is -2.03. The maximum atomic E-state index is 11.8. The highest BCUT2D eigenvalue weighted by molar-refractivity contribution is 6.32. The molecule has 0 spiro atoms. The van der Waals surface area contributed by atoms with Crippen LogP contribution in [0.1, 0.15) is 31.7 Å². The number of carbonyl (C=O) groups is 1. The summed E-state index contributed by atoms with van der Waals surface area (Å²) < 4.78 is 11.1. The lowest BCUT2D eigenvalue weighted by Gasteiger charge is -2.33. The molecule has 1 heterocycles. The Bertz CT molecular complexity index is 935. The molecule has 1 aliphatic heterocycles. The lowest BCUT2D eigenvalue weighted by molar-refractivity contribution is -0.115. The standard InChI is InChI=1S/C25H33Cl2N3O4/c1-3-25(32)29-22-12-21(27)23(33-2)13-24(22)34-16-20(31)14-28-19-8-10-30(11-9-19)15-17-4-6-18(26)7-5-17/h4-7,12-13,19-20,28,31H,3,8-11,14-16H2,1-2H3,(H,29,32)/t20-/m1/s1. The van der Waals surface area contributed by atoms with Gasteiger partial charge in [-0.3, -0.25) is 9.69 Å². The third-order valence-corrected chi connectivity index (χ3v) is 6.38. The lowest BCUT2D eigenvalue weighted by atomic mass is 10.0. The van der Waals surface area contributed by atoms with Crippen LogP contribution in [0.2, 0.25) is 10.0 Å². The van der Waals surface area contributed by atoms with E-state index in [1.807, 2.05) is 12.1 Å². The molecule has 0 aliphatic carbocycles. The Morgan fingerprint density at radius 1 is 1.18 bits per heavy atom. The molecule has 0 aromatic heterocycles. The smallest absolute Gasteiger partial charge is 0.224 e. The van der Waals surface area contributed by atoms with E-state index >= 15 is 0 Å². The van der Waals surface area contributed by atoms with Crippen LogP contribution in [0.5, 0.6) is 11.5 Å². The van der Waals surface area contributed by atoms with Crippen molar-refractivity contribution < 1.29 is 19.4 Å². The molecule has 1 saturated heterocycles. The summed E-state index contributed by atoms with van der Waals surface area (Å²) in [4.78, 5) is 14.3. The average Bonchev–Trinajstić information content (AvgIpc) is 2.84. The minimum absolute atomic E-state index is 0.0716. The topological polar surface area (TPSA) is 83.1 Å². The molecule has 0 saturated carbocycles. The number of hydrogen-bond donors (Lipinski definition) is 3. The van der Waals surface area contributed by atoms with Crippen LogP contribution in [0.4, 0.5) is 5.69 Å². The molecule has 2 aromatic rings. The van der Waals surface area contributed by atoms with Crippen LogP contribution in [-0.4, -0.2) is 61.4 Å². The zero-order valence-corrected chi connectivity index (χ0v) is 21.2.